The van der Waals surface area contributed by atoms with Crippen molar-refractivity contribution in [1.29, 1.82) is 0 Å². The Bertz CT molecular complexity index is 1310. The Hall–Kier alpha value is -3.75. The van der Waals surface area contributed by atoms with Gasteiger partial charge in [-0.1, -0.05) is 91.0 Å². The fraction of sp³-hybridized carbons (Fsp3) is 0.0370. The third-order valence-electron chi connectivity index (χ3n) is 5.40. The van der Waals surface area contributed by atoms with Gasteiger partial charge in [0, 0.05) is 27.9 Å². The minimum atomic E-state index is -2.82. The molecule has 0 spiro atoms. The van der Waals surface area contributed by atoms with E-state index in [9.17, 15) is 4.57 Å². The number of hydrogen-bond acceptors (Lipinski definition) is 4. The Morgan fingerprint density at radius 2 is 1.00 bits per heavy atom. The summed E-state index contributed by atoms with van der Waals surface area (Å²) < 4.78 is 20.1. The Morgan fingerprint density at radius 1 is 0.562 bits per heavy atom. The molecule has 5 aromatic rings. The van der Waals surface area contributed by atoms with E-state index in [1.807, 2.05) is 115 Å². The summed E-state index contributed by atoms with van der Waals surface area (Å²) in [4.78, 5) is 0. The minimum absolute atomic E-state index is 0.445. The lowest BCUT2D eigenvalue weighted by Gasteiger charge is -2.19. The zero-order valence-corrected chi connectivity index (χ0v) is 18.2. The van der Waals surface area contributed by atoms with Crippen molar-refractivity contribution < 1.29 is 8.98 Å². The van der Waals surface area contributed by atoms with Crippen molar-refractivity contribution in [3.8, 4) is 22.9 Å². The van der Waals surface area contributed by atoms with Crippen LogP contribution in [0.4, 0.5) is 0 Å². The number of benzene rings is 4. The third kappa shape index (κ3) is 4.05. The van der Waals surface area contributed by atoms with Crippen LogP contribution in [0.3, 0.4) is 0 Å². The standard InChI is InChI=1S/C27H21N2O2P/c30-32(24-12-6-2-7-13-24,25-14-8-3-9-15-25)20-21-16-18-23(19-17-21)27-29-28-26(31-27)22-10-4-1-5-11-22/h1-19H,20H2. The van der Waals surface area contributed by atoms with E-state index in [1.165, 1.54) is 0 Å². The van der Waals surface area contributed by atoms with Crippen molar-refractivity contribution >= 4 is 17.8 Å². The second-order valence-electron chi connectivity index (χ2n) is 7.54. The van der Waals surface area contributed by atoms with Gasteiger partial charge in [0.15, 0.2) is 0 Å². The van der Waals surface area contributed by atoms with Crippen LogP contribution in [0.25, 0.3) is 22.9 Å². The Kier molecular flexibility index (Phi) is 5.53. The molecule has 1 heterocycles. The summed E-state index contributed by atoms with van der Waals surface area (Å²) in [5.74, 6) is 0.951. The zero-order valence-electron chi connectivity index (χ0n) is 17.3. The van der Waals surface area contributed by atoms with Crippen LogP contribution in [0.15, 0.2) is 120 Å². The van der Waals surface area contributed by atoms with Crippen LogP contribution in [0.5, 0.6) is 0 Å². The number of hydrogen-bond donors (Lipinski definition) is 0. The highest BCUT2D eigenvalue weighted by Gasteiger charge is 2.27. The maximum absolute atomic E-state index is 14.3. The molecule has 0 saturated carbocycles. The van der Waals surface area contributed by atoms with E-state index < -0.39 is 7.14 Å². The van der Waals surface area contributed by atoms with Gasteiger partial charge in [0.2, 0.25) is 11.8 Å². The number of aromatic nitrogens is 2. The molecule has 0 atom stereocenters. The molecule has 0 saturated heterocycles. The van der Waals surface area contributed by atoms with E-state index in [-0.39, 0.29) is 0 Å². The lowest BCUT2D eigenvalue weighted by molar-refractivity contribution is 0.584. The van der Waals surface area contributed by atoms with Gasteiger partial charge in [-0.3, -0.25) is 0 Å². The van der Waals surface area contributed by atoms with E-state index in [4.69, 9.17) is 4.42 Å². The van der Waals surface area contributed by atoms with Gasteiger partial charge in [-0.25, -0.2) is 0 Å². The Balaban J connectivity index is 1.43. The van der Waals surface area contributed by atoms with Crippen LogP contribution in [0.1, 0.15) is 5.56 Å². The Morgan fingerprint density at radius 3 is 1.50 bits per heavy atom. The summed E-state index contributed by atoms with van der Waals surface area (Å²) in [5, 5.41) is 10.1. The molecule has 0 amide bonds. The topological polar surface area (TPSA) is 56.0 Å². The van der Waals surface area contributed by atoms with Gasteiger partial charge in [0.25, 0.3) is 0 Å². The second-order valence-corrected chi connectivity index (χ2v) is 10.4. The largest absolute Gasteiger partial charge is 0.416 e. The Labute approximate surface area is 187 Å². The molecule has 0 N–H and O–H groups in total. The first kappa shape index (κ1) is 20.2. The lowest BCUT2D eigenvalue weighted by Crippen LogP contribution is -2.17. The SMILES string of the molecule is O=P(Cc1ccc(-c2nnc(-c3ccccc3)o2)cc1)(c1ccccc1)c1ccccc1. The molecule has 4 aromatic carbocycles. The van der Waals surface area contributed by atoms with Gasteiger partial charge in [-0.15, -0.1) is 10.2 Å². The van der Waals surface area contributed by atoms with Crippen LogP contribution in [-0.4, -0.2) is 10.2 Å². The molecule has 5 heteroatoms. The van der Waals surface area contributed by atoms with Crippen LogP contribution in [0.2, 0.25) is 0 Å². The van der Waals surface area contributed by atoms with E-state index >= 15 is 0 Å². The van der Waals surface area contributed by atoms with Gasteiger partial charge in [-0.05, 0) is 29.8 Å². The third-order valence-corrected chi connectivity index (χ3v) is 8.47. The highest BCUT2D eigenvalue weighted by atomic mass is 31.2. The van der Waals surface area contributed by atoms with Crippen molar-refractivity contribution in [2.24, 2.45) is 0 Å². The maximum Gasteiger partial charge on any atom is 0.248 e. The first-order chi connectivity index (χ1) is 15.7. The number of nitrogens with zero attached hydrogens (tertiary/aromatic N) is 2. The first-order valence-electron chi connectivity index (χ1n) is 10.4. The van der Waals surface area contributed by atoms with E-state index in [2.05, 4.69) is 10.2 Å². The van der Waals surface area contributed by atoms with Gasteiger partial charge < -0.3 is 8.98 Å². The van der Waals surface area contributed by atoms with Crippen molar-refractivity contribution in [3.63, 3.8) is 0 Å². The predicted octanol–water partition coefficient (Wildman–Crippen LogP) is 5.92. The molecular formula is C27H21N2O2P. The molecule has 0 fully saturated rings. The molecule has 4 nitrogen and oxygen atoms in total. The minimum Gasteiger partial charge on any atom is -0.416 e. The molecule has 156 valence electrons. The molecule has 0 aliphatic heterocycles. The maximum atomic E-state index is 14.3. The van der Waals surface area contributed by atoms with Gasteiger partial charge in [-0.2, -0.15) is 0 Å². The van der Waals surface area contributed by atoms with Crippen LogP contribution in [-0.2, 0) is 10.7 Å². The molecular weight excluding hydrogens is 415 g/mol. The quantitative estimate of drug-likeness (QED) is 0.310. The van der Waals surface area contributed by atoms with Crippen molar-refractivity contribution in [2.45, 2.75) is 6.16 Å². The summed E-state index contributed by atoms with van der Waals surface area (Å²) >= 11 is 0. The summed E-state index contributed by atoms with van der Waals surface area (Å²) in [5.41, 5.74) is 2.71. The van der Waals surface area contributed by atoms with Crippen molar-refractivity contribution in [2.75, 3.05) is 0 Å². The molecule has 1 aromatic heterocycles. The monoisotopic (exact) mass is 436 g/mol. The van der Waals surface area contributed by atoms with Gasteiger partial charge in [0.1, 0.15) is 7.14 Å². The molecule has 5 rings (SSSR count). The summed E-state index contributed by atoms with van der Waals surface area (Å²) in [7, 11) is -2.82. The average molecular weight is 436 g/mol. The van der Waals surface area contributed by atoms with Gasteiger partial charge >= 0.3 is 0 Å². The average Bonchev–Trinajstić information content (AvgIpc) is 3.36. The fourth-order valence-electron chi connectivity index (χ4n) is 3.72. The fourth-order valence-corrected chi connectivity index (χ4v) is 6.41. The van der Waals surface area contributed by atoms with Crippen LogP contribution in [0, 0.1) is 0 Å². The molecule has 32 heavy (non-hydrogen) atoms. The van der Waals surface area contributed by atoms with E-state index in [0.717, 1.165) is 27.3 Å². The van der Waals surface area contributed by atoms with Crippen molar-refractivity contribution in [1.82, 2.24) is 10.2 Å². The molecule has 0 aliphatic carbocycles. The zero-order chi connectivity index (χ0) is 21.8. The highest BCUT2D eigenvalue weighted by molar-refractivity contribution is 7.78. The van der Waals surface area contributed by atoms with Crippen LogP contribution < -0.4 is 10.6 Å². The summed E-state index contributed by atoms with van der Waals surface area (Å²) in [6.07, 6.45) is 0.445. The first-order valence-corrected chi connectivity index (χ1v) is 12.3. The highest BCUT2D eigenvalue weighted by Crippen LogP contribution is 2.47. The molecule has 0 bridgehead atoms. The smallest absolute Gasteiger partial charge is 0.248 e. The molecule has 0 aliphatic rings. The molecule has 0 unspecified atom stereocenters. The summed E-state index contributed by atoms with van der Waals surface area (Å²) in [6, 6.07) is 37.0. The molecule has 0 radical (unpaired) electrons. The van der Waals surface area contributed by atoms with Crippen LogP contribution >= 0.6 is 7.14 Å². The summed E-state index contributed by atoms with van der Waals surface area (Å²) in [6.45, 7) is 0. The van der Waals surface area contributed by atoms with E-state index in [1.54, 1.807) is 0 Å². The normalized spacial score (nSPS) is 11.4. The van der Waals surface area contributed by atoms with E-state index in [0.29, 0.717) is 17.9 Å². The van der Waals surface area contributed by atoms with Crippen molar-refractivity contribution in [3.05, 3.63) is 121 Å². The number of rotatable bonds is 6. The predicted molar refractivity (Wildman–Crippen MR) is 129 cm³/mol. The lowest BCUT2D eigenvalue weighted by atomic mass is 10.1. The second kappa shape index (κ2) is 8.78. The van der Waals surface area contributed by atoms with Gasteiger partial charge in [0.05, 0.1) is 0 Å².